The number of amides is 1. The number of aromatic amines is 1. The topological polar surface area (TPSA) is 71.2 Å². The molecule has 2 N–H and O–H groups in total. The predicted octanol–water partition coefficient (Wildman–Crippen LogP) is 2.33. The molecule has 1 atom stereocenters. The molecule has 0 spiro atoms. The molecule has 1 aromatic carbocycles. The van der Waals surface area contributed by atoms with E-state index in [1.54, 1.807) is 7.11 Å². The summed E-state index contributed by atoms with van der Waals surface area (Å²) in [6.45, 7) is 1.89. The Morgan fingerprint density at radius 3 is 2.60 bits per heavy atom. The van der Waals surface area contributed by atoms with Crippen molar-refractivity contribution < 1.29 is 14.3 Å². The molecule has 1 amide bonds. The molecule has 0 aliphatic heterocycles. The van der Waals surface area contributed by atoms with E-state index in [1.807, 2.05) is 31.2 Å². The second-order valence-electron chi connectivity index (χ2n) is 4.43. The first-order chi connectivity index (χ1) is 9.63. The fraction of sp³-hybridized carbons (Fsp3) is 0.200. The van der Waals surface area contributed by atoms with Crippen molar-refractivity contribution in [3.8, 4) is 5.75 Å². The number of hydrogen-bond acceptors (Lipinski definition) is 3. The van der Waals surface area contributed by atoms with Crippen molar-refractivity contribution in [2.24, 2.45) is 0 Å². The molecule has 0 radical (unpaired) electrons. The number of carbonyl (C=O) groups excluding carboxylic acids is 2. The minimum atomic E-state index is -0.249. The van der Waals surface area contributed by atoms with E-state index in [9.17, 15) is 9.59 Å². The largest absolute Gasteiger partial charge is 0.497 e. The second-order valence-corrected chi connectivity index (χ2v) is 4.43. The first-order valence-electron chi connectivity index (χ1n) is 6.22. The van der Waals surface area contributed by atoms with Crippen LogP contribution in [-0.2, 0) is 0 Å². The van der Waals surface area contributed by atoms with Gasteiger partial charge in [0.25, 0.3) is 5.91 Å². The van der Waals surface area contributed by atoms with Crippen molar-refractivity contribution in [1.82, 2.24) is 10.3 Å². The normalized spacial score (nSPS) is 11.7. The molecule has 1 aromatic heterocycles. The Labute approximate surface area is 117 Å². The molecule has 0 saturated carbocycles. The monoisotopic (exact) mass is 272 g/mol. The van der Waals surface area contributed by atoms with Crippen LogP contribution >= 0.6 is 0 Å². The molecule has 5 nitrogen and oxygen atoms in total. The third kappa shape index (κ3) is 3.06. The highest BCUT2D eigenvalue weighted by molar-refractivity contribution is 5.94. The summed E-state index contributed by atoms with van der Waals surface area (Å²) in [5.74, 6) is 0.522. The van der Waals surface area contributed by atoms with Crippen LogP contribution in [-0.4, -0.2) is 24.3 Å². The van der Waals surface area contributed by atoms with Crippen LogP contribution < -0.4 is 10.1 Å². The van der Waals surface area contributed by atoms with E-state index in [0.717, 1.165) is 11.3 Å². The Morgan fingerprint density at radius 2 is 2.05 bits per heavy atom. The number of benzene rings is 1. The van der Waals surface area contributed by atoms with Gasteiger partial charge in [0.2, 0.25) is 0 Å². The van der Waals surface area contributed by atoms with Gasteiger partial charge in [-0.3, -0.25) is 9.59 Å². The van der Waals surface area contributed by atoms with Crippen molar-refractivity contribution >= 4 is 12.2 Å². The molecule has 0 aliphatic carbocycles. The maximum Gasteiger partial charge on any atom is 0.268 e. The zero-order chi connectivity index (χ0) is 14.5. The smallest absolute Gasteiger partial charge is 0.268 e. The molecule has 20 heavy (non-hydrogen) atoms. The Kier molecular flexibility index (Phi) is 4.20. The molecule has 1 heterocycles. The molecule has 0 fully saturated rings. The van der Waals surface area contributed by atoms with Crippen molar-refractivity contribution in [2.45, 2.75) is 13.0 Å². The molecule has 2 rings (SSSR count). The highest BCUT2D eigenvalue weighted by Crippen LogP contribution is 2.17. The standard InChI is InChI=1S/C15H16N2O3/c1-10(12-3-5-13(20-2)6-4-12)17-15(19)14-7-11(9-18)8-16-14/h3-10,16H,1-2H3,(H,17,19). The molecule has 104 valence electrons. The van der Waals surface area contributed by atoms with E-state index in [0.29, 0.717) is 17.5 Å². The molecule has 2 aromatic rings. The minimum Gasteiger partial charge on any atom is -0.497 e. The van der Waals surface area contributed by atoms with E-state index in [2.05, 4.69) is 10.3 Å². The highest BCUT2D eigenvalue weighted by Gasteiger charge is 2.13. The number of H-pyrrole nitrogens is 1. The summed E-state index contributed by atoms with van der Waals surface area (Å²) in [4.78, 5) is 25.3. The van der Waals surface area contributed by atoms with Gasteiger partial charge in [0, 0.05) is 11.8 Å². The summed E-state index contributed by atoms with van der Waals surface area (Å²) in [6.07, 6.45) is 2.19. The fourth-order valence-electron chi connectivity index (χ4n) is 1.86. The predicted molar refractivity (Wildman–Crippen MR) is 75.1 cm³/mol. The summed E-state index contributed by atoms with van der Waals surface area (Å²) in [6, 6.07) is 8.86. The van der Waals surface area contributed by atoms with Crippen LogP contribution in [0.25, 0.3) is 0 Å². The lowest BCUT2D eigenvalue weighted by atomic mass is 10.1. The van der Waals surface area contributed by atoms with Crippen molar-refractivity contribution in [1.29, 1.82) is 0 Å². The minimum absolute atomic E-state index is 0.142. The summed E-state index contributed by atoms with van der Waals surface area (Å²) >= 11 is 0. The molecule has 1 unspecified atom stereocenters. The quantitative estimate of drug-likeness (QED) is 0.821. The molecule has 5 heteroatoms. The zero-order valence-electron chi connectivity index (χ0n) is 11.3. The number of nitrogens with one attached hydrogen (secondary N) is 2. The van der Waals surface area contributed by atoms with Gasteiger partial charge in [0.1, 0.15) is 11.4 Å². The number of hydrogen-bond donors (Lipinski definition) is 2. The Morgan fingerprint density at radius 1 is 1.35 bits per heavy atom. The van der Waals surface area contributed by atoms with Crippen LogP contribution in [0.2, 0.25) is 0 Å². The van der Waals surface area contributed by atoms with Crippen LogP contribution in [0.3, 0.4) is 0 Å². The summed E-state index contributed by atoms with van der Waals surface area (Å²) < 4.78 is 5.09. The number of ether oxygens (including phenoxy) is 1. The van der Waals surface area contributed by atoms with Crippen LogP contribution in [0.1, 0.15) is 39.4 Å². The lowest BCUT2D eigenvalue weighted by molar-refractivity contribution is 0.0935. The summed E-state index contributed by atoms with van der Waals surface area (Å²) in [7, 11) is 1.61. The Bertz CT molecular complexity index is 602. The summed E-state index contributed by atoms with van der Waals surface area (Å²) in [5, 5.41) is 2.86. The van der Waals surface area contributed by atoms with E-state index in [1.165, 1.54) is 12.3 Å². The maximum absolute atomic E-state index is 12.0. The van der Waals surface area contributed by atoms with Crippen molar-refractivity contribution in [3.05, 3.63) is 53.3 Å². The molecule has 0 bridgehead atoms. The van der Waals surface area contributed by atoms with Gasteiger partial charge in [-0.2, -0.15) is 0 Å². The SMILES string of the molecule is COc1ccc(C(C)NC(=O)c2cc(C=O)c[nH]2)cc1. The van der Waals surface area contributed by atoms with E-state index >= 15 is 0 Å². The zero-order valence-corrected chi connectivity index (χ0v) is 11.3. The van der Waals surface area contributed by atoms with Gasteiger partial charge in [-0.1, -0.05) is 12.1 Å². The lowest BCUT2D eigenvalue weighted by Crippen LogP contribution is -2.26. The Balaban J connectivity index is 2.04. The fourth-order valence-corrected chi connectivity index (χ4v) is 1.86. The average molecular weight is 272 g/mol. The van der Waals surface area contributed by atoms with Crippen LogP contribution in [0.4, 0.5) is 0 Å². The van der Waals surface area contributed by atoms with Crippen molar-refractivity contribution in [2.75, 3.05) is 7.11 Å². The first kappa shape index (κ1) is 13.9. The average Bonchev–Trinajstić information content (AvgIpc) is 2.96. The number of aromatic nitrogens is 1. The highest BCUT2D eigenvalue weighted by atomic mass is 16.5. The van der Waals surface area contributed by atoms with Gasteiger partial charge >= 0.3 is 0 Å². The number of carbonyl (C=O) groups is 2. The van der Waals surface area contributed by atoms with Crippen molar-refractivity contribution in [3.63, 3.8) is 0 Å². The number of aldehydes is 1. The number of rotatable bonds is 5. The molecular formula is C15H16N2O3. The van der Waals surface area contributed by atoms with Gasteiger partial charge in [0.15, 0.2) is 6.29 Å². The van der Waals surface area contributed by atoms with Crippen LogP contribution in [0.5, 0.6) is 5.75 Å². The van der Waals surface area contributed by atoms with Gasteiger partial charge in [-0.15, -0.1) is 0 Å². The second kappa shape index (κ2) is 6.06. The molecule has 0 aliphatic rings. The Hall–Kier alpha value is -2.56. The number of methoxy groups -OCH3 is 1. The van der Waals surface area contributed by atoms with Crippen LogP contribution in [0.15, 0.2) is 36.5 Å². The molecule has 0 saturated heterocycles. The lowest BCUT2D eigenvalue weighted by Gasteiger charge is -2.14. The van der Waals surface area contributed by atoms with Gasteiger partial charge < -0.3 is 15.0 Å². The maximum atomic E-state index is 12.0. The summed E-state index contributed by atoms with van der Waals surface area (Å²) in [5.41, 5.74) is 1.79. The van der Waals surface area contributed by atoms with E-state index in [4.69, 9.17) is 4.74 Å². The third-order valence-electron chi connectivity index (χ3n) is 3.05. The third-order valence-corrected chi connectivity index (χ3v) is 3.05. The van der Waals surface area contributed by atoms with Gasteiger partial charge in [-0.25, -0.2) is 0 Å². The van der Waals surface area contributed by atoms with E-state index in [-0.39, 0.29) is 11.9 Å². The van der Waals surface area contributed by atoms with Gasteiger partial charge in [-0.05, 0) is 30.7 Å². The van der Waals surface area contributed by atoms with E-state index < -0.39 is 0 Å². The van der Waals surface area contributed by atoms with Gasteiger partial charge in [0.05, 0.1) is 13.2 Å². The first-order valence-corrected chi connectivity index (χ1v) is 6.22. The van der Waals surface area contributed by atoms with Crippen LogP contribution in [0, 0.1) is 0 Å². The molecular weight excluding hydrogens is 256 g/mol.